The number of nitrogens with zero attached hydrogens (tertiary/aromatic N) is 6. The zero-order chi connectivity index (χ0) is 31.1. The quantitative estimate of drug-likeness (QED) is 0.381. The molecule has 2 aliphatic heterocycles. The summed E-state index contributed by atoms with van der Waals surface area (Å²) in [6, 6.07) is 4.92. The number of anilines is 2. The normalized spacial score (nSPS) is 15.8. The van der Waals surface area contributed by atoms with Crippen LogP contribution in [0.25, 0.3) is 22.2 Å². The molecule has 43 heavy (non-hydrogen) atoms. The summed E-state index contributed by atoms with van der Waals surface area (Å²) in [7, 11) is 3.15. The Balaban J connectivity index is 0.000000403. The molecule has 2 aromatic heterocycles. The van der Waals surface area contributed by atoms with Gasteiger partial charge in [-0.25, -0.2) is 4.98 Å². The second kappa shape index (κ2) is 14.2. The molecule has 0 unspecified atom stereocenters. The fourth-order valence-electron chi connectivity index (χ4n) is 5.03. The Hall–Kier alpha value is -3.68. The molecule has 0 saturated carbocycles. The lowest BCUT2D eigenvalue weighted by Crippen LogP contribution is -2.48. The number of rotatable bonds is 7. The average molecular weight is 622 g/mol. The van der Waals surface area contributed by atoms with E-state index in [1.807, 2.05) is 4.90 Å². The average Bonchev–Trinajstić information content (AvgIpc) is 3.52. The number of alkyl halides is 3. The van der Waals surface area contributed by atoms with E-state index in [0.29, 0.717) is 42.9 Å². The number of nitrogen functional groups attached to an aromatic ring is 1. The fourth-order valence-corrected chi connectivity index (χ4v) is 5.28. The number of nitrogens with two attached hydrogens (primary N) is 1. The number of methoxy groups -OCH3 is 2. The molecule has 0 radical (unpaired) electrons. The highest BCUT2D eigenvalue weighted by Gasteiger charge is 2.35. The number of carbonyl (C=O) groups excluding carboxylic acids is 1. The van der Waals surface area contributed by atoms with Crippen molar-refractivity contribution in [3.63, 3.8) is 0 Å². The Kier molecular flexibility index (Phi) is 10.6. The van der Waals surface area contributed by atoms with Crippen LogP contribution in [0.1, 0.15) is 18.4 Å². The summed E-state index contributed by atoms with van der Waals surface area (Å²) < 4.78 is 51.1. The largest absolute Gasteiger partial charge is 0.467 e. The lowest BCUT2D eigenvalue weighted by molar-refractivity contribution is -0.137. The molecule has 2 N–H and O–H groups in total. The molecule has 2 aliphatic rings. The molecule has 1 aromatic carbocycles. The third-order valence-electron chi connectivity index (χ3n) is 7.28. The Labute approximate surface area is 253 Å². The van der Waals surface area contributed by atoms with Gasteiger partial charge < -0.3 is 29.9 Å². The maximum atomic E-state index is 13.6. The van der Waals surface area contributed by atoms with Crippen LogP contribution in [0.2, 0.25) is 5.02 Å². The van der Waals surface area contributed by atoms with E-state index in [-0.39, 0.29) is 28.3 Å². The molecule has 4 heterocycles. The van der Waals surface area contributed by atoms with Gasteiger partial charge in [-0.15, -0.1) is 0 Å². The minimum Gasteiger partial charge on any atom is -0.467 e. The first-order valence-corrected chi connectivity index (χ1v) is 14.2. The molecule has 0 bridgehead atoms. The Morgan fingerprint density at radius 3 is 2.37 bits per heavy atom. The SMILES string of the molecule is C=CC(=O)N1CCN(c2nc(OC)nc3cc(-c4nc(N)ccc4C(F)(F)F)c(Cl)cc23)CC1.COCCN1CCCC1. The van der Waals surface area contributed by atoms with Gasteiger partial charge in [-0.1, -0.05) is 18.2 Å². The number of ether oxygens (including phenoxy) is 2. The third-order valence-corrected chi connectivity index (χ3v) is 7.59. The number of fused-ring (bicyclic) bond motifs is 1. The van der Waals surface area contributed by atoms with Crippen LogP contribution in [0.5, 0.6) is 6.01 Å². The number of pyridine rings is 1. The van der Waals surface area contributed by atoms with Crippen molar-refractivity contribution in [2.75, 3.05) is 77.3 Å². The molecule has 0 atom stereocenters. The summed E-state index contributed by atoms with van der Waals surface area (Å²) in [5, 5.41) is 0.557. The van der Waals surface area contributed by atoms with Crippen molar-refractivity contribution < 1.29 is 27.4 Å². The number of benzene rings is 1. The van der Waals surface area contributed by atoms with Crippen LogP contribution in [0.4, 0.5) is 24.8 Å². The molecule has 2 saturated heterocycles. The number of carbonyl (C=O) groups is 1. The van der Waals surface area contributed by atoms with Crippen molar-refractivity contribution in [1.29, 1.82) is 0 Å². The Morgan fingerprint density at radius 2 is 1.77 bits per heavy atom. The van der Waals surface area contributed by atoms with Crippen molar-refractivity contribution in [3.05, 3.63) is 47.5 Å². The highest BCUT2D eigenvalue weighted by molar-refractivity contribution is 6.34. The lowest BCUT2D eigenvalue weighted by atomic mass is 10.0. The van der Waals surface area contributed by atoms with Crippen LogP contribution in [-0.4, -0.2) is 97.3 Å². The fraction of sp³-hybridized carbons (Fsp3) is 0.448. The van der Waals surface area contributed by atoms with E-state index in [4.69, 9.17) is 26.8 Å². The van der Waals surface area contributed by atoms with E-state index in [9.17, 15) is 18.0 Å². The number of likely N-dealkylation sites (tertiary alicyclic amines) is 1. The van der Waals surface area contributed by atoms with Gasteiger partial charge in [0.25, 0.3) is 0 Å². The number of aromatic nitrogens is 3. The molecule has 3 aromatic rings. The Bertz CT molecular complexity index is 1440. The van der Waals surface area contributed by atoms with Gasteiger partial charge in [0.15, 0.2) is 0 Å². The smallest absolute Gasteiger partial charge is 0.418 e. The second-order valence-corrected chi connectivity index (χ2v) is 10.5. The predicted octanol–water partition coefficient (Wildman–Crippen LogP) is 4.52. The molecule has 1 amide bonds. The maximum Gasteiger partial charge on any atom is 0.418 e. The van der Waals surface area contributed by atoms with Crippen LogP contribution >= 0.6 is 11.6 Å². The van der Waals surface area contributed by atoms with Gasteiger partial charge in [-0.05, 0) is 56.3 Å². The summed E-state index contributed by atoms with van der Waals surface area (Å²) in [6.07, 6.45) is -0.640. The molecule has 14 heteroatoms. The van der Waals surface area contributed by atoms with E-state index in [1.165, 1.54) is 51.2 Å². The third kappa shape index (κ3) is 7.84. The summed E-state index contributed by atoms with van der Waals surface area (Å²) in [5.74, 6) is 0.261. The molecule has 2 fully saturated rings. The van der Waals surface area contributed by atoms with Crippen LogP contribution in [0.15, 0.2) is 36.9 Å². The molecule has 10 nitrogen and oxygen atoms in total. The van der Waals surface area contributed by atoms with Crippen LogP contribution in [-0.2, 0) is 15.7 Å². The lowest BCUT2D eigenvalue weighted by Gasteiger charge is -2.35. The number of amides is 1. The molecule has 0 spiro atoms. The summed E-state index contributed by atoms with van der Waals surface area (Å²) >= 11 is 6.46. The molecular weight excluding hydrogens is 587 g/mol. The van der Waals surface area contributed by atoms with E-state index in [2.05, 4.69) is 26.4 Å². The van der Waals surface area contributed by atoms with Crippen LogP contribution in [0, 0.1) is 0 Å². The second-order valence-electron chi connectivity index (χ2n) is 10.1. The monoisotopic (exact) mass is 621 g/mol. The van der Waals surface area contributed by atoms with Crippen molar-refractivity contribution in [3.8, 4) is 17.3 Å². The van der Waals surface area contributed by atoms with Crippen LogP contribution in [0.3, 0.4) is 0 Å². The van der Waals surface area contributed by atoms with Gasteiger partial charge in [-0.3, -0.25) is 4.79 Å². The minimum atomic E-state index is -4.66. The van der Waals surface area contributed by atoms with E-state index in [0.717, 1.165) is 25.3 Å². The van der Waals surface area contributed by atoms with E-state index in [1.54, 1.807) is 12.0 Å². The van der Waals surface area contributed by atoms with E-state index >= 15 is 0 Å². The molecular formula is C29H35ClF3N7O3. The minimum absolute atomic E-state index is 0.0295. The first kappa shape index (κ1) is 32.2. The standard InChI is InChI=1S/C22H20ClF3N6O2.C7H15NO/c1-3-18(33)31-6-8-32(9-7-31)20-13-10-15(23)12(11-16(13)28-21(30-20)34-2)19-14(22(24,25)26)4-5-17(27)29-19;1-9-7-6-8-4-2-3-5-8/h3-5,10-11H,1,6-9H2,2H3,(H2,27,29);2-7H2,1H3. The van der Waals surface area contributed by atoms with Crippen molar-refractivity contribution in [2.45, 2.75) is 19.0 Å². The van der Waals surface area contributed by atoms with Gasteiger partial charge in [0, 0.05) is 50.8 Å². The zero-order valence-electron chi connectivity index (χ0n) is 24.2. The zero-order valence-corrected chi connectivity index (χ0v) is 24.9. The van der Waals surface area contributed by atoms with Crippen molar-refractivity contribution in [1.82, 2.24) is 24.8 Å². The number of piperazine rings is 1. The number of halogens is 4. The van der Waals surface area contributed by atoms with Gasteiger partial charge in [0.05, 0.1) is 35.5 Å². The van der Waals surface area contributed by atoms with Crippen molar-refractivity contribution >= 4 is 40.0 Å². The first-order valence-electron chi connectivity index (χ1n) is 13.8. The van der Waals surface area contributed by atoms with Crippen LogP contribution < -0.4 is 15.4 Å². The summed E-state index contributed by atoms with van der Waals surface area (Å²) in [4.78, 5) is 30.6. The highest BCUT2D eigenvalue weighted by Crippen LogP contribution is 2.41. The molecule has 0 aliphatic carbocycles. The number of hydrogen-bond donors (Lipinski definition) is 1. The summed E-state index contributed by atoms with van der Waals surface area (Å²) in [5.41, 5.74) is 4.67. The van der Waals surface area contributed by atoms with Gasteiger partial charge >= 0.3 is 12.2 Å². The first-order chi connectivity index (χ1) is 20.5. The van der Waals surface area contributed by atoms with Gasteiger partial charge in [0.2, 0.25) is 5.91 Å². The van der Waals surface area contributed by atoms with Gasteiger partial charge in [-0.2, -0.15) is 23.1 Å². The Morgan fingerprint density at radius 1 is 1.07 bits per heavy atom. The van der Waals surface area contributed by atoms with Crippen molar-refractivity contribution in [2.24, 2.45) is 0 Å². The highest BCUT2D eigenvalue weighted by atomic mass is 35.5. The maximum absolute atomic E-state index is 13.6. The van der Waals surface area contributed by atoms with Gasteiger partial charge in [0.1, 0.15) is 11.6 Å². The predicted molar refractivity (Wildman–Crippen MR) is 160 cm³/mol. The van der Waals surface area contributed by atoms with E-state index < -0.39 is 17.4 Å². The summed E-state index contributed by atoms with van der Waals surface area (Å²) in [6.45, 7) is 9.93. The topological polar surface area (TPSA) is 110 Å². The molecule has 232 valence electrons. The molecule has 5 rings (SSSR count). The number of hydrogen-bond acceptors (Lipinski definition) is 9.